The zero-order valence-corrected chi connectivity index (χ0v) is 10.4. The predicted molar refractivity (Wildman–Crippen MR) is 70.9 cm³/mol. The number of hydrogen-bond acceptors (Lipinski definition) is 6. The van der Waals surface area contributed by atoms with E-state index in [1.807, 2.05) is 0 Å². The third-order valence-electron chi connectivity index (χ3n) is 2.26. The summed E-state index contributed by atoms with van der Waals surface area (Å²) in [7, 11) is 0. The average Bonchev–Trinajstić information content (AvgIpc) is 2.86. The molecule has 2 heterocycles. The highest BCUT2D eigenvalue weighted by Gasteiger charge is 2.16. The second-order valence-corrected chi connectivity index (χ2v) is 4.41. The van der Waals surface area contributed by atoms with Crippen molar-refractivity contribution in [3.05, 3.63) is 17.2 Å². The second-order valence-electron chi connectivity index (χ2n) is 3.48. The standard InChI is InChI=1S/C10H10ClN5S/c1-5-4-12-10(13-5)14-8-6(11)2-3-7-9(8)16-17-15-7/h2-3,5H,4H2,1H3,(H2,12,13,14)/i4D2,5D. The van der Waals surface area contributed by atoms with Crippen LogP contribution < -0.4 is 10.6 Å². The number of benzene rings is 1. The molecule has 0 fully saturated rings. The third-order valence-corrected chi connectivity index (χ3v) is 3.12. The molecular formula is C10H10ClN5S. The van der Waals surface area contributed by atoms with Gasteiger partial charge in [-0.25, -0.2) is 4.99 Å². The Bertz CT molecular complexity index is 714. The van der Waals surface area contributed by atoms with Crippen LogP contribution in [0.2, 0.25) is 5.02 Å². The van der Waals surface area contributed by atoms with Crippen LogP contribution in [0.4, 0.5) is 5.69 Å². The molecule has 0 spiro atoms. The van der Waals surface area contributed by atoms with Crippen molar-refractivity contribution in [1.82, 2.24) is 14.1 Å². The van der Waals surface area contributed by atoms with Gasteiger partial charge < -0.3 is 10.6 Å². The molecule has 0 saturated heterocycles. The van der Waals surface area contributed by atoms with Crippen LogP contribution >= 0.6 is 23.3 Å². The molecule has 1 aliphatic heterocycles. The van der Waals surface area contributed by atoms with Gasteiger partial charge in [-0.3, -0.25) is 0 Å². The van der Waals surface area contributed by atoms with Crippen LogP contribution in [0.1, 0.15) is 11.0 Å². The number of halogens is 1. The molecule has 0 amide bonds. The van der Waals surface area contributed by atoms with Crippen molar-refractivity contribution >= 4 is 46.0 Å². The zero-order chi connectivity index (χ0) is 14.5. The van der Waals surface area contributed by atoms with Crippen molar-refractivity contribution in [1.29, 1.82) is 0 Å². The zero-order valence-electron chi connectivity index (χ0n) is 11.8. The van der Waals surface area contributed by atoms with Crippen LogP contribution in [0.25, 0.3) is 11.0 Å². The predicted octanol–water partition coefficient (Wildman–Crippen LogP) is 2.10. The molecule has 1 aliphatic rings. The highest BCUT2D eigenvalue weighted by Crippen LogP contribution is 2.29. The van der Waals surface area contributed by atoms with E-state index in [-0.39, 0.29) is 5.96 Å². The fraction of sp³-hybridized carbons (Fsp3) is 0.300. The number of guanidine groups is 1. The van der Waals surface area contributed by atoms with Crippen LogP contribution in [-0.2, 0) is 0 Å². The van der Waals surface area contributed by atoms with Gasteiger partial charge in [-0.05, 0) is 19.1 Å². The fourth-order valence-corrected chi connectivity index (χ4v) is 2.24. The molecule has 7 heteroatoms. The van der Waals surface area contributed by atoms with E-state index in [1.165, 1.54) is 6.92 Å². The molecule has 0 saturated carbocycles. The van der Waals surface area contributed by atoms with Gasteiger partial charge in [-0.1, -0.05) is 11.6 Å². The van der Waals surface area contributed by atoms with Crippen LogP contribution in [0.15, 0.2) is 17.1 Å². The van der Waals surface area contributed by atoms with Crippen LogP contribution in [-0.4, -0.2) is 27.2 Å². The number of nitrogens with zero attached hydrogens (tertiary/aromatic N) is 3. The Morgan fingerprint density at radius 1 is 1.65 bits per heavy atom. The number of aromatic nitrogens is 2. The molecule has 1 aromatic carbocycles. The Labute approximate surface area is 111 Å². The maximum absolute atomic E-state index is 7.85. The van der Waals surface area contributed by atoms with Crippen molar-refractivity contribution < 1.29 is 4.11 Å². The average molecular weight is 271 g/mol. The molecule has 5 nitrogen and oxygen atoms in total. The Kier molecular flexibility index (Phi) is 1.90. The molecule has 88 valence electrons. The summed E-state index contributed by atoms with van der Waals surface area (Å²) in [6.07, 6.45) is 0. The lowest BCUT2D eigenvalue weighted by molar-refractivity contribution is 0.766. The lowest BCUT2D eigenvalue weighted by Gasteiger charge is -2.08. The van der Waals surface area contributed by atoms with Gasteiger partial charge in [-0.15, -0.1) is 0 Å². The van der Waals surface area contributed by atoms with Crippen molar-refractivity contribution in [2.45, 2.75) is 12.9 Å². The smallest absolute Gasteiger partial charge is 0.196 e. The summed E-state index contributed by atoms with van der Waals surface area (Å²) >= 11 is 7.19. The van der Waals surface area contributed by atoms with Gasteiger partial charge in [0.25, 0.3) is 0 Å². The first-order chi connectivity index (χ1) is 9.30. The summed E-state index contributed by atoms with van der Waals surface area (Å²) in [5, 5.41) is 5.86. The topological polar surface area (TPSA) is 62.2 Å². The summed E-state index contributed by atoms with van der Waals surface area (Å²) in [5.74, 6) is 0.148. The highest BCUT2D eigenvalue weighted by atomic mass is 35.5. The number of fused-ring (bicyclic) bond motifs is 1. The van der Waals surface area contributed by atoms with E-state index < -0.39 is 12.5 Å². The minimum absolute atomic E-state index is 0.148. The second kappa shape index (κ2) is 4.12. The van der Waals surface area contributed by atoms with Crippen molar-refractivity contribution in [3.8, 4) is 0 Å². The molecule has 3 rings (SSSR count). The maximum atomic E-state index is 7.85. The summed E-state index contributed by atoms with van der Waals surface area (Å²) in [4.78, 5) is 3.98. The highest BCUT2D eigenvalue weighted by molar-refractivity contribution is 7.00. The van der Waals surface area contributed by atoms with Crippen molar-refractivity contribution in [3.63, 3.8) is 0 Å². The summed E-state index contributed by atoms with van der Waals surface area (Å²) in [6, 6.07) is 1.82. The van der Waals surface area contributed by atoms with E-state index in [1.54, 1.807) is 12.1 Å². The Balaban J connectivity index is 1.99. The van der Waals surface area contributed by atoms with E-state index in [2.05, 4.69) is 24.4 Å². The quantitative estimate of drug-likeness (QED) is 0.833. The first-order valence-electron chi connectivity index (χ1n) is 6.36. The van der Waals surface area contributed by atoms with Gasteiger partial charge in [0.15, 0.2) is 5.96 Å². The first kappa shape index (κ1) is 7.84. The summed E-state index contributed by atoms with van der Waals surface area (Å²) in [5.41, 5.74) is 1.78. The number of nitrogens with one attached hydrogen (secondary N) is 2. The third kappa shape index (κ3) is 1.94. The van der Waals surface area contributed by atoms with Gasteiger partial charge in [0, 0.05) is 6.50 Å². The first-order valence-corrected chi connectivity index (χ1v) is 5.97. The van der Waals surface area contributed by atoms with Gasteiger partial charge in [-0.2, -0.15) is 8.75 Å². The largest absolute Gasteiger partial charge is 0.354 e. The number of hydrogen-bond donors (Lipinski definition) is 2. The van der Waals surface area contributed by atoms with Crippen molar-refractivity contribution in [2.24, 2.45) is 4.99 Å². The van der Waals surface area contributed by atoms with Gasteiger partial charge in [0.1, 0.15) is 11.0 Å². The van der Waals surface area contributed by atoms with E-state index in [4.69, 9.17) is 15.7 Å². The van der Waals surface area contributed by atoms with Crippen LogP contribution in [0, 0.1) is 0 Å². The molecular weight excluding hydrogens is 258 g/mol. The fourth-order valence-electron chi connectivity index (χ4n) is 1.50. The monoisotopic (exact) mass is 270 g/mol. The molecule has 0 aliphatic carbocycles. The van der Waals surface area contributed by atoms with Gasteiger partial charge in [0.2, 0.25) is 0 Å². The summed E-state index contributed by atoms with van der Waals surface area (Å²) < 4.78 is 31.6. The molecule has 1 aromatic heterocycles. The lowest BCUT2D eigenvalue weighted by Crippen LogP contribution is -2.27. The van der Waals surface area contributed by atoms with Gasteiger partial charge >= 0.3 is 0 Å². The molecule has 1 atom stereocenters. The van der Waals surface area contributed by atoms with E-state index >= 15 is 0 Å². The van der Waals surface area contributed by atoms with E-state index in [9.17, 15) is 0 Å². The maximum Gasteiger partial charge on any atom is 0.196 e. The molecule has 1 unspecified atom stereocenters. The van der Waals surface area contributed by atoms with Gasteiger partial charge in [0.05, 0.1) is 32.6 Å². The number of anilines is 1. The van der Waals surface area contributed by atoms with Crippen molar-refractivity contribution in [2.75, 3.05) is 11.8 Å². The molecule has 2 N–H and O–H groups in total. The normalized spacial score (nSPS) is 29.1. The van der Waals surface area contributed by atoms with E-state index in [0.717, 1.165) is 11.7 Å². The Hall–Kier alpha value is -1.40. The Morgan fingerprint density at radius 2 is 2.53 bits per heavy atom. The lowest BCUT2D eigenvalue weighted by atomic mass is 10.2. The molecule has 0 radical (unpaired) electrons. The van der Waals surface area contributed by atoms with E-state index in [0.29, 0.717) is 21.7 Å². The number of rotatable bonds is 1. The van der Waals surface area contributed by atoms with Crippen LogP contribution in [0.3, 0.4) is 0 Å². The minimum Gasteiger partial charge on any atom is -0.354 e. The molecule has 0 bridgehead atoms. The molecule has 17 heavy (non-hydrogen) atoms. The SMILES string of the molecule is [2H]C1(C)N=C(Nc2c(Cl)ccc3nsnc23)NC1([2H])[2H]. The Morgan fingerprint density at radius 3 is 3.29 bits per heavy atom. The number of aliphatic imine (C=N–C) groups is 1. The minimum atomic E-state index is -1.96. The molecule has 2 aromatic rings. The summed E-state index contributed by atoms with van der Waals surface area (Å²) in [6.45, 7) is -0.572. The van der Waals surface area contributed by atoms with Crippen LogP contribution in [0.5, 0.6) is 0 Å².